The Morgan fingerprint density at radius 3 is 2.28 bits per heavy atom. The van der Waals surface area contributed by atoms with Crippen molar-refractivity contribution in [2.75, 3.05) is 6.54 Å². The number of rotatable bonds is 5. The molecular formula is C16H34N2. The topological polar surface area (TPSA) is 29.3 Å². The normalized spacial score (nSPS) is 30.2. The van der Waals surface area contributed by atoms with Crippen LogP contribution in [0.3, 0.4) is 0 Å². The predicted octanol–water partition coefficient (Wildman–Crippen LogP) is 3.65. The first-order valence-corrected chi connectivity index (χ1v) is 7.84. The molecule has 2 heteroatoms. The lowest BCUT2D eigenvalue weighted by Crippen LogP contribution is -2.54. The van der Waals surface area contributed by atoms with Gasteiger partial charge in [-0.05, 0) is 51.0 Å². The predicted molar refractivity (Wildman–Crippen MR) is 80.7 cm³/mol. The Morgan fingerprint density at radius 2 is 1.83 bits per heavy atom. The van der Waals surface area contributed by atoms with E-state index in [1.54, 1.807) is 0 Å². The molecular weight excluding hydrogens is 220 g/mol. The Kier molecular flexibility index (Phi) is 5.67. The number of nitrogens with zero attached hydrogens (tertiary/aromatic N) is 1. The molecule has 0 radical (unpaired) electrons. The summed E-state index contributed by atoms with van der Waals surface area (Å²) >= 11 is 0. The fourth-order valence-electron chi connectivity index (χ4n) is 3.53. The summed E-state index contributed by atoms with van der Waals surface area (Å²) in [4.78, 5) is 2.60. The van der Waals surface area contributed by atoms with E-state index in [4.69, 9.17) is 5.73 Å². The molecule has 3 unspecified atom stereocenters. The van der Waals surface area contributed by atoms with Crippen LogP contribution in [0.5, 0.6) is 0 Å². The first kappa shape index (κ1) is 16.0. The van der Waals surface area contributed by atoms with E-state index in [2.05, 4.69) is 46.4 Å². The highest BCUT2D eigenvalue weighted by Gasteiger charge is 2.38. The first-order valence-electron chi connectivity index (χ1n) is 7.84. The molecule has 1 rings (SSSR count). The van der Waals surface area contributed by atoms with Gasteiger partial charge in [-0.3, -0.25) is 4.90 Å². The Labute approximate surface area is 114 Å². The first-order chi connectivity index (χ1) is 8.33. The van der Waals surface area contributed by atoms with Crippen LogP contribution in [-0.4, -0.2) is 29.6 Å². The quantitative estimate of drug-likeness (QED) is 0.811. The van der Waals surface area contributed by atoms with E-state index in [1.807, 2.05) is 0 Å². The van der Waals surface area contributed by atoms with Crippen molar-refractivity contribution in [1.82, 2.24) is 4.90 Å². The summed E-state index contributed by atoms with van der Waals surface area (Å²) in [5.74, 6) is 0.833. The largest absolute Gasteiger partial charge is 0.326 e. The molecule has 108 valence electrons. The molecule has 0 heterocycles. The molecule has 0 aromatic carbocycles. The molecule has 1 aliphatic carbocycles. The summed E-state index contributed by atoms with van der Waals surface area (Å²) in [6.45, 7) is 15.2. The summed E-state index contributed by atoms with van der Waals surface area (Å²) < 4.78 is 0. The fourth-order valence-corrected chi connectivity index (χ4v) is 3.53. The van der Waals surface area contributed by atoms with Gasteiger partial charge in [-0.2, -0.15) is 0 Å². The Hall–Kier alpha value is -0.0800. The third-order valence-corrected chi connectivity index (χ3v) is 5.34. The van der Waals surface area contributed by atoms with E-state index in [-0.39, 0.29) is 0 Å². The number of hydrogen-bond acceptors (Lipinski definition) is 2. The van der Waals surface area contributed by atoms with E-state index in [0.29, 0.717) is 23.5 Å². The zero-order valence-corrected chi connectivity index (χ0v) is 13.4. The molecule has 0 aromatic heterocycles. The van der Waals surface area contributed by atoms with Gasteiger partial charge in [-0.25, -0.2) is 0 Å². The van der Waals surface area contributed by atoms with Crippen LogP contribution in [0.25, 0.3) is 0 Å². The molecule has 0 aliphatic heterocycles. The molecule has 1 aliphatic rings. The van der Waals surface area contributed by atoms with Crippen molar-refractivity contribution in [2.45, 2.75) is 85.4 Å². The minimum atomic E-state index is 0.372. The van der Waals surface area contributed by atoms with Crippen LogP contribution in [0.1, 0.15) is 67.2 Å². The molecule has 0 bridgehead atoms. The minimum absolute atomic E-state index is 0.372. The van der Waals surface area contributed by atoms with Gasteiger partial charge in [-0.15, -0.1) is 0 Å². The van der Waals surface area contributed by atoms with Crippen molar-refractivity contribution in [2.24, 2.45) is 17.1 Å². The Bertz CT molecular complexity index is 247. The lowest BCUT2D eigenvalue weighted by atomic mass is 9.67. The van der Waals surface area contributed by atoms with Crippen molar-refractivity contribution < 1.29 is 0 Å². The Morgan fingerprint density at radius 1 is 1.22 bits per heavy atom. The summed E-state index contributed by atoms with van der Waals surface area (Å²) in [6.07, 6.45) is 5.07. The number of nitrogens with two attached hydrogens (primary N) is 1. The van der Waals surface area contributed by atoms with Crippen LogP contribution < -0.4 is 5.73 Å². The third-order valence-electron chi connectivity index (χ3n) is 5.34. The second kappa shape index (κ2) is 6.38. The van der Waals surface area contributed by atoms with Crippen molar-refractivity contribution >= 4 is 0 Å². The Balaban J connectivity index is 2.78. The SMILES string of the molecule is CCN(C(C)C)C1CC(C(C)(C)CC)CCC1N. The maximum Gasteiger partial charge on any atom is 0.0252 e. The molecule has 0 aromatic rings. The minimum Gasteiger partial charge on any atom is -0.326 e. The standard InChI is InChI=1S/C16H34N2/c1-7-16(5,6)13-9-10-14(17)15(11-13)18(8-2)12(3)4/h12-15H,7-11,17H2,1-6H3. The molecule has 1 fully saturated rings. The zero-order chi connectivity index (χ0) is 13.9. The van der Waals surface area contributed by atoms with Gasteiger partial charge in [0.05, 0.1) is 0 Å². The molecule has 0 saturated heterocycles. The second-order valence-corrected chi connectivity index (χ2v) is 7.01. The third kappa shape index (κ3) is 3.48. The highest BCUT2D eigenvalue weighted by molar-refractivity contribution is 4.94. The van der Waals surface area contributed by atoms with Crippen LogP contribution in [0.2, 0.25) is 0 Å². The van der Waals surface area contributed by atoms with Crippen LogP contribution in [0.15, 0.2) is 0 Å². The molecule has 2 N–H and O–H groups in total. The molecule has 3 atom stereocenters. The molecule has 1 saturated carbocycles. The number of hydrogen-bond donors (Lipinski definition) is 1. The second-order valence-electron chi connectivity index (χ2n) is 7.01. The van der Waals surface area contributed by atoms with Gasteiger partial charge in [-0.1, -0.05) is 34.1 Å². The van der Waals surface area contributed by atoms with Gasteiger partial charge in [0.1, 0.15) is 0 Å². The van der Waals surface area contributed by atoms with Crippen molar-refractivity contribution in [1.29, 1.82) is 0 Å². The van der Waals surface area contributed by atoms with Crippen LogP contribution in [0, 0.1) is 11.3 Å². The van der Waals surface area contributed by atoms with Crippen LogP contribution in [-0.2, 0) is 0 Å². The van der Waals surface area contributed by atoms with Gasteiger partial charge in [0.15, 0.2) is 0 Å². The highest BCUT2D eigenvalue weighted by atomic mass is 15.2. The van der Waals surface area contributed by atoms with Crippen molar-refractivity contribution in [3.05, 3.63) is 0 Å². The van der Waals surface area contributed by atoms with E-state index in [1.165, 1.54) is 25.7 Å². The van der Waals surface area contributed by atoms with Gasteiger partial charge in [0.25, 0.3) is 0 Å². The van der Waals surface area contributed by atoms with E-state index in [9.17, 15) is 0 Å². The van der Waals surface area contributed by atoms with Gasteiger partial charge >= 0.3 is 0 Å². The summed E-state index contributed by atoms with van der Waals surface area (Å²) in [6, 6.07) is 1.56. The smallest absolute Gasteiger partial charge is 0.0252 e. The van der Waals surface area contributed by atoms with Crippen molar-refractivity contribution in [3.8, 4) is 0 Å². The molecule has 0 spiro atoms. The van der Waals surface area contributed by atoms with Gasteiger partial charge in [0, 0.05) is 18.1 Å². The fraction of sp³-hybridized carbons (Fsp3) is 1.00. The number of likely N-dealkylation sites (N-methyl/N-ethyl adjacent to an activating group) is 1. The summed E-state index contributed by atoms with van der Waals surface area (Å²) in [7, 11) is 0. The summed E-state index contributed by atoms with van der Waals surface area (Å²) in [5.41, 5.74) is 6.87. The summed E-state index contributed by atoms with van der Waals surface area (Å²) in [5, 5.41) is 0. The molecule has 2 nitrogen and oxygen atoms in total. The molecule has 0 amide bonds. The lowest BCUT2D eigenvalue weighted by Gasteiger charge is -2.47. The monoisotopic (exact) mass is 254 g/mol. The zero-order valence-electron chi connectivity index (χ0n) is 13.4. The lowest BCUT2D eigenvalue weighted by molar-refractivity contribution is 0.0469. The van der Waals surface area contributed by atoms with Gasteiger partial charge < -0.3 is 5.73 Å². The molecule has 18 heavy (non-hydrogen) atoms. The van der Waals surface area contributed by atoms with Crippen LogP contribution >= 0.6 is 0 Å². The van der Waals surface area contributed by atoms with E-state index < -0.39 is 0 Å². The van der Waals surface area contributed by atoms with Crippen LogP contribution in [0.4, 0.5) is 0 Å². The maximum absolute atomic E-state index is 6.40. The van der Waals surface area contributed by atoms with Crippen molar-refractivity contribution in [3.63, 3.8) is 0 Å². The highest BCUT2D eigenvalue weighted by Crippen LogP contribution is 2.41. The maximum atomic E-state index is 6.40. The van der Waals surface area contributed by atoms with E-state index in [0.717, 1.165) is 12.5 Å². The average Bonchev–Trinajstić information content (AvgIpc) is 2.31. The van der Waals surface area contributed by atoms with Gasteiger partial charge in [0.2, 0.25) is 0 Å². The average molecular weight is 254 g/mol. The van der Waals surface area contributed by atoms with E-state index >= 15 is 0 Å².